The number of aromatic nitrogens is 5. The first-order chi connectivity index (χ1) is 17.0. The molecule has 6 rings (SSSR count). The summed E-state index contributed by atoms with van der Waals surface area (Å²) in [5.41, 5.74) is 7.76. The van der Waals surface area contributed by atoms with Crippen molar-refractivity contribution in [3.63, 3.8) is 0 Å². The van der Waals surface area contributed by atoms with E-state index in [1.165, 1.54) is 0 Å². The predicted molar refractivity (Wildman–Crippen MR) is 132 cm³/mol. The fourth-order valence-corrected chi connectivity index (χ4v) is 4.26. The van der Waals surface area contributed by atoms with Gasteiger partial charge < -0.3 is 9.84 Å². The number of amides is 1. The number of aryl methyl sites for hydroxylation is 3. The predicted octanol–water partition coefficient (Wildman–Crippen LogP) is 5.50. The van der Waals surface area contributed by atoms with Crippen LogP contribution in [0.25, 0.3) is 28.0 Å². The van der Waals surface area contributed by atoms with Crippen LogP contribution in [-0.4, -0.2) is 30.6 Å². The second-order valence-electron chi connectivity index (χ2n) is 9.16. The minimum atomic E-state index is -0.233. The van der Waals surface area contributed by atoms with Crippen molar-refractivity contribution in [3.8, 4) is 22.5 Å². The molecule has 1 amide bonds. The molecule has 0 bridgehead atoms. The molecule has 35 heavy (non-hydrogen) atoms. The van der Waals surface area contributed by atoms with Crippen LogP contribution in [0.3, 0.4) is 0 Å². The number of rotatable bonds is 5. The number of benzene rings is 1. The molecule has 1 N–H and O–H groups in total. The Morgan fingerprint density at radius 2 is 1.89 bits per heavy atom. The topological polar surface area (TPSA) is 98.2 Å². The smallest absolute Gasteiger partial charge is 0.259 e. The standard InChI is InChI=1S/C27H24N6O2/c1-15-4-5-20(25-31-27(35-32-25)18-6-7-18)11-23(15)30-26(34)22-14-29-33-9-8-19(12-24(22)33)21-13-28-17(3)10-16(21)2/h4-5,8-14,18H,6-7H2,1-3H3,(H,30,34). The van der Waals surface area contributed by atoms with Crippen molar-refractivity contribution in [2.75, 3.05) is 5.32 Å². The number of nitrogens with one attached hydrogen (secondary N) is 1. The number of carbonyl (C=O) groups is 1. The first kappa shape index (κ1) is 21.2. The third-order valence-electron chi connectivity index (χ3n) is 6.44. The van der Waals surface area contributed by atoms with Crippen LogP contribution in [0.1, 0.15) is 51.8 Å². The van der Waals surface area contributed by atoms with Gasteiger partial charge in [-0.3, -0.25) is 9.78 Å². The van der Waals surface area contributed by atoms with Gasteiger partial charge in [-0.2, -0.15) is 10.1 Å². The Balaban J connectivity index is 1.31. The highest BCUT2D eigenvalue weighted by Crippen LogP contribution is 2.39. The normalized spacial score (nSPS) is 13.3. The van der Waals surface area contributed by atoms with Gasteiger partial charge in [0.05, 0.1) is 17.3 Å². The third kappa shape index (κ3) is 3.97. The number of hydrogen-bond donors (Lipinski definition) is 1. The SMILES string of the molecule is Cc1cc(C)c(-c2ccn3ncc(C(=O)Nc4cc(-c5noc(C6CC6)n5)ccc4C)c3c2)cn1. The Kier molecular flexibility index (Phi) is 4.95. The highest BCUT2D eigenvalue weighted by atomic mass is 16.5. The molecule has 5 aromatic rings. The number of nitrogens with zero attached hydrogens (tertiary/aromatic N) is 5. The van der Waals surface area contributed by atoms with Crippen molar-refractivity contribution in [2.24, 2.45) is 0 Å². The van der Waals surface area contributed by atoms with Gasteiger partial charge in [-0.15, -0.1) is 0 Å². The van der Waals surface area contributed by atoms with Gasteiger partial charge in [0, 0.05) is 40.8 Å². The first-order valence-electron chi connectivity index (χ1n) is 11.6. The second-order valence-corrected chi connectivity index (χ2v) is 9.16. The van der Waals surface area contributed by atoms with Crippen molar-refractivity contribution < 1.29 is 9.32 Å². The van der Waals surface area contributed by atoms with E-state index in [4.69, 9.17) is 4.52 Å². The molecule has 0 atom stereocenters. The average Bonchev–Trinajstić information content (AvgIpc) is 3.41. The van der Waals surface area contributed by atoms with Crippen LogP contribution in [0, 0.1) is 20.8 Å². The molecule has 8 nitrogen and oxygen atoms in total. The van der Waals surface area contributed by atoms with E-state index in [-0.39, 0.29) is 5.91 Å². The van der Waals surface area contributed by atoms with Crippen molar-refractivity contribution in [2.45, 2.75) is 39.5 Å². The fourth-order valence-electron chi connectivity index (χ4n) is 4.26. The Bertz CT molecular complexity index is 1590. The van der Waals surface area contributed by atoms with Crippen molar-refractivity contribution in [1.29, 1.82) is 0 Å². The molecule has 4 heterocycles. The van der Waals surface area contributed by atoms with Gasteiger partial charge in [-0.25, -0.2) is 4.52 Å². The van der Waals surface area contributed by atoms with Gasteiger partial charge in [-0.05, 0) is 74.6 Å². The summed E-state index contributed by atoms with van der Waals surface area (Å²) in [6.45, 7) is 5.99. The summed E-state index contributed by atoms with van der Waals surface area (Å²) in [6.07, 6.45) is 7.51. The molecule has 174 valence electrons. The lowest BCUT2D eigenvalue weighted by Crippen LogP contribution is -2.12. The summed E-state index contributed by atoms with van der Waals surface area (Å²) >= 11 is 0. The maximum atomic E-state index is 13.3. The van der Waals surface area contributed by atoms with E-state index >= 15 is 0 Å². The fraction of sp³-hybridized carbons (Fsp3) is 0.222. The Hall–Kier alpha value is -4.33. The molecule has 1 saturated carbocycles. The summed E-state index contributed by atoms with van der Waals surface area (Å²) in [7, 11) is 0. The van der Waals surface area contributed by atoms with Crippen LogP contribution in [0.2, 0.25) is 0 Å². The molecule has 1 aliphatic rings. The van der Waals surface area contributed by atoms with Gasteiger partial charge in [0.15, 0.2) is 0 Å². The molecule has 0 unspecified atom stereocenters. The molecule has 0 spiro atoms. The summed E-state index contributed by atoms with van der Waals surface area (Å²) in [6, 6.07) is 11.8. The van der Waals surface area contributed by atoms with E-state index in [0.717, 1.165) is 51.9 Å². The summed E-state index contributed by atoms with van der Waals surface area (Å²) < 4.78 is 7.11. The van der Waals surface area contributed by atoms with Gasteiger partial charge in [0.2, 0.25) is 11.7 Å². The highest BCUT2D eigenvalue weighted by Gasteiger charge is 2.29. The number of anilines is 1. The maximum absolute atomic E-state index is 13.3. The molecule has 4 aromatic heterocycles. The summed E-state index contributed by atoms with van der Waals surface area (Å²) in [4.78, 5) is 22.3. The first-order valence-corrected chi connectivity index (χ1v) is 11.6. The van der Waals surface area contributed by atoms with E-state index in [9.17, 15) is 4.79 Å². The second kappa shape index (κ2) is 8.16. The van der Waals surface area contributed by atoms with Crippen LogP contribution in [0.5, 0.6) is 0 Å². The number of pyridine rings is 2. The Morgan fingerprint density at radius 3 is 2.69 bits per heavy atom. The van der Waals surface area contributed by atoms with Gasteiger partial charge in [0.25, 0.3) is 5.91 Å². The van der Waals surface area contributed by atoms with Gasteiger partial charge in [-0.1, -0.05) is 17.3 Å². The Morgan fingerprint density at radius 1 is 1.03 bits per heavy atom. The molecule has 1 fully saturated rings. The van der Waals surface area contributed by atoms with E-state index in [0.29, 0.717) is 28.9 Å². The van der Waals surface area contributed by atoms with E-state index in [1.54, 1.807) is 10.7 Å². The van der Waals surface area contributed by atoms with Crippen molar-refractivity contribution >= 4 is 17.1 Å². The van der Waals surface area contributed by atoms with E-state index in [2.05, 4.69) is 38.5 Å². The zero-order chi connectivity index (χ0) is 24.1. The van der Waals surface area contributed by atoms with Crippen molar-refractivity contribution in [1.82, 2.24) is 24.7 Å². The third-order valence-corrected chi connectivity index (χ3v) is 6.44. The molecular formula is C27H24N6O2. The number of fused-ring (bicyclic) bond motifs is 1. The summed E-state index contributed by atoms with van der Waals surface area (Å²) in [5, 5.41) is 11.5. The van der Waals surface area contributed by atoms with E-state index in [1.807, 2.05) is 56.6 Å². The molecule has 8 heteroatoms. The zero-order valence-corrected chi connectivity index (χ0v) is 19.7. The lowest BCUT2D eigenvalue weighted by atomic mass is 10.0. The zero-order valence-electron chi connectivity index (χ0n) is 19.7. The number of hydrogen-bond acceptors (Lipinski definition) is 6. The van der Waals surface area contributed by atoms with Crippen LogP contribution in [0.4, 0.5) is 5.69 Å². The van der Waals surface area contributed by atoms with Gasteiger partial charge >= 0.3 is 0 Å². The lowest BCUT2D eigenvalue weighted by molar-refractivity contribution is 0.102. The molecule has 1 aromatic carbocycles. The minimum Gasteiger partial charge on any atom is -0.339 e. The van der Waals surface area contributed by atoms with Gasteiger partial charge in [0.1, 0.15) is 0 Å². The molecule has 0 radical (unpaired) electrons. The lowest BCUT2D eigenvalue weighted by Gasteiger charge is -2.10. The molecule has 1 aliphatic carbocycles. The summed E-state index contributed by atoms with van der Waals surface area (Å²) in [5.74, 6) is 1.38. The molecule has 0 saturated heterocycles. The minimum absolute atomic E-state index is 0.233. The highest BCUT2D eigenvalue weighted by molar-refractivity contribution is 6.09. The average molecular weight is 465 g/mol. The van der Waals surface area contributed by atoms with E-state index < -0.39 is 0 Å². The Labute approximate surface area is 202 Å². The molecule has 0 aliphatic heterocycles. The maximum Gasteiger partial charge on any atom is 0.259 e. The van der Waals surface area contributed by atoms with Crippen LogP contribution in [0.15, 0.2) is 59.5 Å². The largest absolute Gasteiger partial charge is 0.339 e. The van der Waals surface area contributed by atoms with Crippen LogP contribution in [-0.2, 0) is 0 Å². The van der Waals surface area contributed by atoms with Crippen molar-refractivity contribution in [3.05, 3.63) is 83.3 Å². The van der Waals surface area contributed by atoms with Crippen LogP contribution >= 0.6 is 0 Å². The monoisotopic (exact) mass is 464 g/mol. The quantitative estimate of drug-likeness (QED) is 0.369. The van der Waals surface area contributed by atoms with Crippen LogP contribution < -0.4 is 5.32 Å². The number of carbonyl (C=O) groups excluding carboxylic acids is 1. The molecular weight excluding hydrogens is 440 g/mol.